The molecular formula is C32H39F2N5O4. The Labute approximate surface area is 251 Å². The molecular weight excluding hydrogens is 556 g/mol. The monoisotopic (exact) mass is 595 g/mol. The Hall–Kier alpha value is -4.35. The van der Waals surface area contributed by atoms with E-state index >= 15 is 0 Å². The molecule has 1 aliphatic heterocycles. The number of benzene rings is 3. The fraction of sp³-hybridized carbons (Fsp3) is 0.344. The van der Waals surface area contributed by atoms with Crippen LogP contribution in [0, 0.1) is 11.6 Å². The molecule has 0 radical (unpaired) electrons. The van der Waals surface area contributed by atoms with Gasteiger partial charge in [0, 0.05) is 44.7 Å². The van der Waals surface area contributed by atoms with Crippen LogP contribution in [0.2, 0.25) is 0 Å². The number of phenols is 1. The molecule has 11 heteroatoms. The third kappa shape index (κ3) is 8.36. The van der Waals surface area contributed by atoms with Gasteiger partial charge >= 0.3 is 0 Å². The zero-order valence-corrected chi connectivity index (χ0v) is 24.9. The summed E-state index contributed by atoms with van der Waals surface area (Å²) in [6.07, 6.45) is 0.389. The molecule has 3 aromatic carbocycles. The summed E-state index contributed by atoms with van der Waals surface area (Å²) in [5.74, 6) is -1.89. The van der Waals surface area contributed by atoms with E-state index in [1.807, 2.05) is 32.2 Å². The van der Waals surface area contributed by atoms with Crippen LogP contribution in [0.1, 0.15) is 30.5 Å². The van der Waals surface area contributed by atoms with E-state index < -0.39 is 35.8 Å². The molecule has 3 aromatic rings. The van der Waals surface area contributed by atoms with Gasteiger partial charge in [0.1, 0.15) is 29.6 Å². The zero-order chi connectivity index (χ0) is 31.5. The van der Waals surface area contributed by atoms with Crippen LogP contribution in [0.25, 0.3) is 0 Å². The smallest absolute Gasteiger partial charge is 0.246 e. The standard InChI is InChI=1S/C24H28F2N4O4.C8H11N/c1-4-27(3)30(15-32)23-16(2)28(13-18-7-8-19(25)12-21(18)26)24(34)22(29(23)14-31)11-17-5-9-20(33)10-6-17;1-9-7-8-5-3-2-4-6-8/h5-10,12,14-16,22-23,33H,4,11,13H2,1-3H3;2-6,9H,7H2,1H3/t16-,22-,23?;/m0./s1. The van der Waals surface area contributed by atoms with Crippen molar-refractivity contribution in [1.82, 2.24) is 25.1 Å². The minimum atomic E-state index is -0.987. The SMILES string of the molecule is CCN(C)N(C=O)C1[C@H](C)N(Cc2ccc(F)cc2F)C(=O)[C@H](Cc2ccc(O)cc2)N1C=O.CNCc1ccccc1. The average molecular weight is 596 g/mol. The lowest BCUT2D eigenvalue weighted by Crippen LogP contribution is -2.71. The molecule has 3 amide bonds. The van der Waals surface area contributed by atoms with E-state index in [0.717, 1.165) is 18.7 Å². The molecule has 0 aliphatic carbocycles. The maximum atomic E-state index is 14.4. The van der Waals surface area contributed by atoms with Crippen molar-refractivity contribution in [3.8, 4) is 5.75 Å². The highest BCUT2D eigenvalue weighted by Gasteiger charge is 2.47. The van der Waals surface area contributed by atoms with Crippen LogP contribution >= 0.6 is 0 Å². The number of hydrogen-bond donors (Lipinski definition) is 2. The molecule has 0 aromatic heterocycles. The Morgan fingerprint density at radius 2 is 1.67 bits per heavy atom. The first kappa shape index (κ1) is 33.2. The lowest BCUT2D eigenvalue weighted by Gasteiger charge is -2.52. The summed E-state index contributed by atoms with van der Waals surface area (Å²) in [5, 5.41) is 15.6. The summed E-state index contributed by atoms with van der Waals surface area (Å²) >= 11 is 0. The van der Waals surface area contributed by atoms with Crippen LogP contribution in [0.5, 0.6) is 5.75 Å². The number of amides is 3. The van der Waals surface area contributed by atoms with E-state index in [9.17, 15) is 28.3 Å². The van der Waals surface area contributed by atoms with Crippen LogP contribution < -0.4 is 5.32 Å². The van der Waals surface area contributed by atoms with Gasteiger partial charge in [-0.25, -0.2) is 13.8 Å². The lowest BCUT2D eigenvalue weighted by molar-refractivity contribution is -0.184. The number of aromatic hydroxyl groups is 1. The Kier molecular flexibility index (Phi) is 12.2. The topological polar surface area (TPSA) is 96.4 Å². The van der Waals surface area contributed by atoms with Gasteiger partial charge < -0.3 is 20.2 Å². The van der Waals surface area contributed by atoms with Crippen molar-refractivity contribution in [2.75, 3.05) is 20.6 Å². The van der Waals surface area contributed by atoms with Crippen LogP contribution in [-0.2, 0) is 33.9 Å². The summed E-state index contributed by atoms with van der Waals surface area (Å²) in [4.78, 5) is 40.6. The summed E-state index contributed by atoms with van der Waals surface area (Å²) in [7, 11) is 3.63. The number of nitrogens with one attached hydrogen (secondary N) is 1. The number of nitrogens with zero attached hydrogens (tertiary/aromatic N) is 4. The van der Waals surface area contributed by atoms with Crippen molar-refractivity contribution in [3.05, 3.63) is 101 Å². The number of halogens is 2. The molecule has 1 fully saturated rings. The largest absolute Gasteiger partial charge is 0.508 e. The molecule has 1 saturated heterocycles. The maximum Gasteiger partial charge on any atom is 0.246 e. The zero-order valence-electron chi connectivity index (χ0n) is 24.9. The molecule has 230 valence electrons. The van der Waals surface area contributed by atoms with E-state index in [-0.39, 0.29) is 24.3 Å². The molecule has 43 heavy (non-hydrogen) atoms. The minimum absolute atomic E-state index is 0.0579. The van der Waals surface area contributed by atoms with Crippen LogP contribution in [0.3, 0.4) is 0 Å². The predicted octanol–water partition coefficient (Wildman–Crippen LogP) is 3.53. The number of carbonyl (C=O) groups excluding carboxylic acids is 3. The predicted molar refractivity (Wildman–Crippen MR) is 159 cm³/mol. The molecule has 9 nitrogen and oxygen atoms in total. The van der Waals surface area contributed by atoms with E-state index in [2.05, 4.69) is 17.4 Å². The van der Waals surface area contributed by atoms with E-state index in [1.165, 1.54) is 38.6 Å². The molecule has 1 unspecified atom stereocenters. The second kappa shape index (κ2) is 15.8. The molecule has 0 spiro atoms. The summed E-state index contributed by atoms with van der Waals surface area (Å²) in [5.41, 5.74) is 2.13. The highest BCUT2D eigenvalue weighted by molar-refractivity contribution is 5.86. The van der Waals surface area contributed by atoms with Gasteiger partial charge in [-0.05, 0) is 43.3 Å². The fourth-order valence-electron chi connectivity index (χ4n) is 5.02. The number of hydrazine groups is 1. The van der Waals surface area contributed by atoms with Gasteiger partial charge in [-0.15, -0.1) is 0 Å². The molecule has 0 saturated carbocycles. The van der Waals surface area contributed by atoms with Crippen LogP contribution in [0.15, 0.2) is 72.8 Å². The number of phenolic OH excluding ortho intramolecular Hbond substituents is 1. The van der Waals surface area contributed by atoms with E-state index in [0.29, 0.717) is 24.9 Å². The van der Waals surface area contributed by atoms with Gasteiger partial charge in [0.15, 0.2) is 0 Å². The van der Waals surface area contributed by atoms with Gasteiger partial charge in [0.05, 0.1) is 6.04 Å². The van der Waals surface area contributed by atoms with Crippen molar-refractivity contribution >= 4 is 18.7 Å². The minimum Gasteiger partial charge on any atom is -0.508 e. The first-order valence-electron chi connectivity index (χ1n) is 14.0. The quantitative estimate of drug-likeness (QED) is 0.260. The Balaban J connectivity index is 0.000000480. The Morgan fingerprint density at radius 3 is 2.23 bits per heavy atom. The molecule has 1 heterocycles. The number of rotatable bonds is 11. The number of hydrogen-bond acceptors (Lipinski definition) is 6. The summed E-state index contributed by atoms with van der Waals surface area (Å²) in [6.45, 7) is 4.76. The molecule has 3 atom stereocenters. The maximum absolute atomic E-state index is 14.4. The second-order valence-electron chi connectivity index (χ2n) is 10.3. The lowest BCUT2D eigenvalue weighted by atomic mass is 9.96. The summed E-state index contributed by atoms with van der Waals surface area (Å²) < 4.78 is 27.9. The highest BCUT2D eigenvalue weighted by Crippen LogP contribution is 2.29. The van der Waals surface area contributed by atoms with Gasteiger partial charge in [0.25, 0.3) is 0 Å². The van der Waals surface area contributed by atoms with Crippen molar-refractivity contribution in [1.29, 1.82) is 0 Å². The van der Waals surface area contributed by atoms with Gasteiger partial charge in [-0.3, -0.25) is 19.4 Å². The van der Waals surface area contributed by atoms with Crippen molar-refractivity contribution in [2.45, 2.75) is 51.6 Å². The first-order valence-corrected chi connectivity index (χ1v) is 14.0. The van der Waals surface area contributed by atoms with Gasteiger partial charge in [-0.2, -0.15) is 0 Å². The Morgan fingerprint density at radius 1 is 1.00 bits per heavy atom. The summed E-state index contributed by atoms with van der Waals surface area (Å²) in [6, 6.07) is 18.0. The molecule has 0 bridgehead atoms. The average Bonchev–Trinajstić information content (AvgIpc) is 3.00. The Bertz CT molecular complexity index is 1350. The molecule has 2 N–H and O–H groups in total. The number of carbonyl (C=O) groups is 3. The molecule has 4 rings (SSSR count). The van der Waals surface area contributed by atoms with Crippen LogP contribution in [-0.4, -0.2) is 82.5 Å². The van der Waals surface area contributed by atoms with Crippen LogP contribution in [0.4, 0.5) is 8.78 Å². The third-order valence-electron chi connectivity index (χ3n) is 7.45. The number of piperazine rings is 1. The van der Waals surface area contributed by atoms with Gasteiger partial charge in [0.2, 0.25) is 18.7 Å². The highest BCUT2D eigenvalue weighted by atomic mass is 19.1. The second-order valence-corrected chi connectivity index (χ2v) is 10.3. The van der Waals surface area contributed by atoms with E-state index in [4.69, 9.17) is 0 Å². The van der Waals surface area contributed by atoms with Crippen molar-refractivity contribution in [3.63, 3.8) is 0 Å². The van der Waals surface area contributed by atoms with Crippen molar-refractivity contribution < 1.29 is 28.3 Å². The normalized spacial score (nSPS) is 18.2. The van der Waals surface area contributed by atoms with E-state index in [1.54, 1.807) is 31.1 Å². The fourth-order valence-corrected chi connectivity index (χ4v) is 5.02. The first-order chi connectivity index (χ1) is 20.6. The van der Waals surface area contributed by atoms with Gasteiger partial charge in [-0.1, -0.05) is 55.5 Å². The van der Waals surface area contributed by atoms with Crippen molar-refractivity contribution in [2.24, 2.45) is 0 Å². The molecule has 1 aliphatic rings. The third-order valence-corrected chi connectivity index (χ3v) is 7.45.